The van der Waals surface area contributed by atoms with E-state index in [4.69, 9.17) is 9.47 Å². The molecule has 1 fully saturated rings. The maximum atomic E-state index is 14.2. The van der Waals surface area contributed by atoms with Crippen molar-refractivity contribution in [3.63, 3.8) is 0 Å². The Hall–Kier alpha value is -2.53. The van der Waals surface area contributed by atoms with Crippen LogP contribution in [0.1, 0.15) is 61.0 Å². The Labute approximate surface area is 233 Å². The van der Waals surface area contributed by atoms with Crippen molar-refractivity contribution in [3.8, 4) is 0 Å². The maximum absolute atomic E-state index is 14.2. The van der Waals surface area contributed by atoms with Crippen molar-refractivity contribution in [1.82, 2.24) is 4.90 Å². The van der Waals surface area contributed by atoms with Crippen molar-refractivity contribution in [2.75, 3.05) is 64.1 Å². The molecule has 1 N–H and O–H groups in total. The molecule has 0 bridgehead atoms. The zero-order valence-electron chi connectivity index (χ0n) is 23.3. The molecule has 1 aliphatic heterocycles. The van der Waals surface area contributed by atoms with Gasteiger partial charge >= 0.3 is 6.18 Å². The van der Waals surface area contributed by atoms with E-state index in [0.29, 0.717) is 89.7 Å². The highest BCUT2D eigenvalue weighted by Gasteiger charge is 2.37. The Kier molecular flexibility index (Phi) is 11.9. The van der Waals surface area contributed by atoms with E-state index in [1.54, 1.807) is 0 Å². The van der Waals surface area contributed by atoms with Crippen molar-refractivity contribution in [3.05, 3.63) is 65.0 Å². The van der Waals surface area contributed by atoms with Crippen LogP contribution in [0, 0.1) is 5.82 Å². The number of carbonyl (C=O) groups excluding carboxylic acids is 1. The van der Waals surface area contributed by atoms with E-state index in [0.717, 1.165) is 12.1 Å². The Morgan fingerprint density at radius 2 is 1.68 bits per heavy atom. The van der Waals surface area contributed by atoms with Gasteiger partial charge in [-0.15, -0.1) is 0 Å². The van der Waals surface area contributed by atoms with Gasteiger partial charge in [0.1, 0.15) is 5.82 Å². The zero-order valence-corrected chi connectivity index (χ0v) is 23.3. The van der Waals surface area contributed by atoms with Gasteiger partial charge in [-0.1, -0.05) is 12.1 Å². The van der Waals surface area contributed by atoms with Crippen LogP contribution < -0.4 is 4.90 Å². The summed E-state index contributed by atoms with van der Waals surface area (Å²) in [6, 6.07) is 9.09. The quantitative estimate of drug-likeness (QED) is 0.170. The van der Waals surface area contributed by atoms with Crippen LogP contribution in [-0.4, -0.2) is 74.9 Å². The molecule has 1 saturated heterocycles. The van der Waals surface area contributed by atoms with Crippen LogP contribution >= 0.6 is 0 Å². The molecule has 0 aliphatic carbocycles. The largest absolute Gasteiger partial charge is 0.416 e. The lowest BCUT2D eigenvalue weighted by Crippen LogP contribution is -2.43. The minimum atomic E-state index is -4.46. The second-order valence-electron chi connectivity index (χ2n) is 10.0. The molecule has 0 atom stereocenters. The molecule has 10 heteroatoms. The van der Waals surface area contributed by atoms with Crippen LogP contribution in [0.25, 0.3) is 0 Å². The van der Waals surface area contributed by atoms with Gasteiger partial charge in [0.15, 0.2) is 5.78 Å². The molecule has 0 unspecified atom stereocenters. The minimum absolute atomic E-state index is 0.0923. The Balaban J connectivity index is 1.58. The van der Waals surface area contributed by atoms with Gasteiger partial charge in [0, 0.05) is 51.4 Å². The standard InChI is InChI=1S/C30H40F4N2O4/c1-3-39-19-17-36(18-20-40-4-2)27-22-25(31)10-11-26(27)28(37)9-6-14-35-15-12-29(38,13-16-35)23-7-5-8-24(21-23)30(32,33)34/h5,7-8,10-11,21-22,38H,3-4,6,9,12-20H2,1-2H3. The van der Waals surface area contributed by atoms with Crippen molar-refractivity contribution in [2.24, 2.45) is 0 Å². The number of rotatable bonds is 15. The molecule has 0 aromatic heterocycles. The first-order chi connectivity index (χ1) is 19.1. The average Bonchev–Trinajstić information content (AvgIpc) is 2.93. The fourth-order valence-electron chi connectivity index (χ4n) is 5.01. The monoisotopic (exact) mass is 568 g/mol. The molecule has 3 rings (SSSR count). The first-order valence-corrected chi connectivity index (χ1v) is 13.9. The fourth-order valence-corrected chi connectivity index (χ4v) is 5.01. The number of ketones is 1. The number of benzene rings is 2. The number of carbonyl (C=O) groups is 1. The van der Waals surface area contributed by atoms with E-state index in [1.807, 2.05) is 18.7 Å². The molecule has 0 saturated carbocycles. The van der Waals surface area contributed by atoms with Crippen LogP contribution in [0.4, 0.5) is 23.2 Å². The average molecular weight is 569 g/mol. The number of aliphatic hydroxyl groups is 1. The molecule has 0 spiro atoms. The second-order valence-corrected chi connectivity index (χ2v) is 10.0. The smallest absolute Gasteiger partial charge is 0.385 e. The molecule has 2 aromatic carbocycles. The van der Waals surface area contributed by atoms with Crippen LogP contribution in [0.5, 0.6) is 0 Å². The number of ether oxygens (including phenoxy) is 2. The summed E-state index contributed by atoms with van der Waals surface area (Å²) in [5, 5.41) is 11.1. The molecule has 1 aliphatic rings. The molecule has 40 heavy (non-hydrogen) atoms. The summed E-state index contributed by atoms with van der Waals surface area (Å²) in [5.74, 6) is -0.517. The second kappa shape index (κ2) is 14.9. The number of nitrogens with zero attached hydrogens (tertiary/aromatic N) is 2. The molecule has 1 heterocycles. The van der Waals surface area contributed by atoms with Crippen molar-refractivity contribution in [2.45, 2.75) is 51.3 Å². The summed E-state index contributed by atoms with van der Waals surface area (Å²) in [6.07, 6.45) is -3.03. The van der Waals surface area contributed by atoms with Gasteiger partial charge in [-0.2, -0.15) is 13.2 Å². The zero-order chi connectivity index (χ0) is 29.2. The van der Waals surface area contributed by atoms with E-state index in [-0.39, 0.29) is 17.8 Å². The summed E-state index contributed by atoms with van der Waals surface area (Å²) >= 11 is 0. The summed E-state index contributed by atoms with van der Waals surface area (Å²) < 4.78 is 64.6. The summed E-state index contributed by atoms with van der Waals surface area (Å²) in [7, 11) is 0. The van der Waals surface area contributed by atoms with E-state index < -0.39 is 23.2 Å². The van der Waals surface area contributed by atoms with Gasteiger partial charge in [-0.3, -0.25) is 4.79 Å². The first-order valence-electron chi connectivity index (χ1n) is 13.9. The third-order valence-corrected chi connectivity index (χ3v) is 7.31. The van der Waals surface area contributed by atoms with Gasteiger partial charge in [0.2, 0.25) is 0 Å². The molecule has 0 amide bonds. The number of likely N-dealkylation sites (tertiary alicyclic amines) is 1. The van der Waals surface area contributed by atoms with Crippen molar-refractivity contribution < 1.29 is 36.9 Å². The third kappa shape index (κ3) is 8.99. The Bertz CT molecular complexity index is 1080. The normalized spacial score (nSPS) is 15.8. The maximum Gasteiger partial charge on any atom is 0.416 e. The van der Waals surface area contributed by atoms with Gasteiger partial charge < -0.3 is 24.4 Å². The van der Waals surface area contributed by atoms with Crippen LogP contribution in [0.3, 0.4) is 0 Å². The van der Waals surface area contributed by atoms with Gasteiger partial charge in [0.25, 0.3) is 0 Å². The Morgan fingerprint density at radius 3 is 2.27 bits per heavy atom. The third-order valence-electron chi connectivity index (χ3n) is 7.31. The first kappa shape index (κ1) is 32.0. The molecule has 0 radical (unpaired) electrons. The van der Waals surface area contributed by atoms with E-state index >= 15 is 0 Å². The summed E-state index contributed by atoms with van der Waals surface area (Å²) in [6.45, 7) is 8.40. The lowest BCUT2D eigenvalue weighted by molar-refractivity contribution is -0.137. The number of alkyl halides is 3. The number of piperidine rings is 1. The van der Waals surface area contributed by atoms with E-state index in [9.17, 15) is 27.5 Å². The van der Waals surface area contributed by atoms with Gasteiger partial charge in [0.05, 0.1) is 30.1 Å². The number of halogens is 4. The highest BCUT2D eigenvalue weighted by atomic mass is 19.4. The topological polar surface area (TPSA) is 62.2 Å². The summed E-state index contributed by atoms with van der Waals surface area (Å²) in [5.41, 5.74) is -0.836. The van der Waals surface area contributed by atoms with Gasteiger partial charge in [-0.25, -0.2) is 4.39 Å². The molecule has 222 valence electrons. The fraction of sp³-hybridized carbons (Fsp3) is 0.567. The number of Topliss-reactive ketones (excluding diaryl/α,β-unsaturated/α-hetero) is 1. The molecular weight excluding hydrogens is 528 g/mol. The van der Waals surface area contributed by atoms with Crippen LogP contribution in [0.2, 0.25) is 0 Å². The predicted molar refractivity (Wildman–Crippen MR) is 146 cm³/mol. The van der Waals surface area contributed by atoms with Crippen molar-refractivity contribution >= 4 is 11.5 Å². The van der Waals surface area contributed by atoms with E-state index in [1.165, 1.54) is 30.3 Å². The molecular formula is C30H40F4N2O4. The van der Waals surface area contributed by atoms with Crippen LogP contribution in [0.15, 0.2) is 42.5 Å². The minimum Gasteiger partial charge on any atom is -0.385 e. The predicted octanol–water partition coefficient (Wildman–Crippen LogP) is 5.67. The highest BCUT2D eigenvalue weighted by Crippen LogP contribution is 2.37. The summed E-state index contributed by atoms with van der Waals surface area (Å²) in [4.78, 5) is 17.2. The van der Waals surface area contributed by atoms with Gasteiger partial charge in [-0.05, 0) is 75.5 Å². The lowest BCUT2D eigenvalue weighted by Gasteiger charge is -2.38. The Morgan fingerprint density at radius 1 is 1.02 bits per heavy atom. The number of anilines is 1. The molecule has 2 aromatic rings. The van der Waals surface area contributed by atoms with E-state index in [2.05, 4.69) is 4.90 Å². The highest BCUT2D eigenvalue weighted by molar-refractivity contribution is 6.01. The van der Waals surface area contributed by atoms with Crippen molar-refractivity contribution in [1.29, 1.82) is 0 Å². The number of hydrogen-bond acceptors (Lipinski definition) is 6. The lowest BCUT2D eigenvalue weighted by atomic mass is 9.83. The SMILES string of the molecule is CCOCCN(CCOCC)c1cc(F)ccc1C(=O)CCCN1CCC(O)(c2cccc(C(F)(F)F)c2)CC1. The molecule has 6 nitrogen and oxygen atoms in total. The number of hydrogen-bond donors (Lipinski definition) is 1. The van der Waals surface area contributed by atoms with Crippen LogP contribution in [-0.2, 0) is 21.3 Å².